The van der Waals surface area contributed by atoms with E-state index >= 15 is 0 Å². The van der Waals surface area contributed by atoms with Crippen LogP contribution in [0.2, 0.25) is 0 Å². The lowest BCUT2D eigenvalue weighted by Gasteiger charge is -2.32. The minimum absolute atomic E-state index is 0.210. The van der Waals surface area contributed by atoms with E-state index in [1.165, 1.54) is 0 Å². The van der Waals surface area contributed by atoms with Gasteiger partial charge in [-0.2, -0.15) is 0 Å². The quantitative estimate of drug-likeness (QED) is 0.730. The highest BCUT2D eigenvalue weighted by molar-refractivity contribution is 6.61. The molecule has 1 amide bonds. The number of primary amides is 1. The second-order valence-corrected chi connectivity index (χ2v) is 8.94. The van der Waals surface area contributed by atoms with Gasteiger partial charge in [-0.05, 0) is 33.1 Å². The number of nitrogens with two attached hydrogens (primary N) is 1. The molecule has 8 nitrogen and oxygen atoms in total. The number of ether oxygens (including phenoxy) is 1. The fourth-order valence-corrected chi connectivity index (χ4v) is 2.65. The monoisotopic (exact) mass is 378 g/mol. The third-order valence-corrected chi connectivity index (χ3v) is 5.11. The molecule has 0 aromatic carbocycles. The van der Waals surface area contributed by atoms with E-state index in [-0.39, 0.29) is 11.5 Å². The molecule has 3 N–H and O–H groups in total. The van der Waals surface area contributed by atoms with Gasteiger partial charge < -0.3 is 25.1 Å². The Morgan fingerprint density at radius 3 is 2.19 bits per heavy atom. The van der Waals surface area contributed by atoms with Crippen molar-refractivity contribution in [1.82, 2.24) is 9.97 Å². The maximum Gasteiger partial charge on any atom is 0.498 e. The zero-order valence-corrected chi connectivity index (χ0v) is 17.3. The molecule has 9 heteroatoms. The lowest BCUT2D eigenvalue weighted by Crippen LogP contribution is -2.41. The summed E-state index contributed by atoms with van der Waals surface area (Å²) in [5, 5.41) is 3.13. The van der Waals surface area contributed by atoms with E-state index in [0.29, 0.717) is 18.9 Å². The minimum atomic E-state index is -0.766. The number of carbonyl (C=O) groups excluding carboxylic acids is 1. The van der Waals surface area contributed by atoms with Crippen molar-refractivity contribution in [3.8, 4) is 0 Å². The zero-order chi connectivity index (χ0) is 20.5. The second-order valence-electron chi connectivity index (χ2n) is 8.94. The summed E-state index contributed by atoms with van der Waals surface area (Å²) in [6.45, 7) is 14.6. The van der Waals surface area contributed by atoms with Crippen LogP contribution in [-0.4, -0.2) is 47.0 Å². The largest absolute Gasteiger partial charge is 0.498 e. The Morgan fingerprint density at radius 2 is 1.74 bits per heavy atom. The SMILES string of the molecule is CC(C)(C)C(CCNc1ncc(B2OC(C)(C)C(C)(C)O2)cn1)OC(N)=O. The normalized spacial score (nSPS) is 19.6. The van der Waals surface area contributed by atoms with Crippen molar-refractivity contribution in [3.05, 3.63) is 12.4 Å². The minimum Gasteiger partial charge on any atom is -0.446 e. The summed E-state index contributed by atoms with van der Waals surface area (Å²) in [6, 6.07) is 0. The van der Waals surface area contributed by atoms with Gasteiger partial charge in [-0.3, -0.25) is 0 Å². The van der Waals surface area contributed by atoms with Gasteiger partial charge in [0.2, 0.25) is 5.95 Å². The highest BCUT2D eigenvalue weighted by Crippen LogP contribution is 2.36. The Balaban J connectivity index is 1.92. The topological polar surface area (TPSA) is 109 Å². The Labute approximate surface area is 161 Å². The van der Waals surface area contributed by atoms with Crippen molar-refractivity contribution in [2.24, 2.45) is 11.1 Å². The van der Waals surface area contributed by atoms with E-state index in [2.05, 4.69) is 15.3 Å². The van der Waals surface area contributed by atoms with E-state index in [1.807, 2.05) is 48.5 Å². The molecule has 2 heterocycles. The first kappa shape index (κ1) is 21.4. The van der Waals surface area contributed by atoms with E-state index in [9.17, 15) is 4.79 Å². The molecule has 0 saturated carbocycles. The molecule has 1 aliphatic heterocycles. The Hall–Kier alpha value is -1.87. The van der Waals surface area contributed by atoms with Gasteiger partial charge in [0.15, 0.2) is 0 Å². The van der Waals surface area contributed by atoms with Crippen molar-refractivity contribution in [3.63, 3.8) is 0 Å². The molecular formula is C18H31BN4O4. The fourth-order valence-electron chi connectivity index (χ4n) is 2.65. The first-order valence-corrected chi connectivity index (χ1v) is 9.19. The van der Waals surface area contributed by atoms with Crippen LogP contribution in [0.15, 0.2) is 12.4 Å². The van der Waals surface area contributed by atoms with Gasteiger partial charge in [-0.25, -0.2) is 14.8 Å². The second kappa shape index (κ2) is 7.63. The van der Waals surface area contributed by atoms with Gasteiger partial charge in [0.1, 0.15) is 6.10 Å². The molecule has 1 atom stereocenters. The van der Waals surface area contributed by atoms with E-state index in [0.717, 1.165) is 5.46 Å². The predicted molar refractivity (Wildman–Crippen MR) is 105 cm³/mol. The van der Waals surface area contributed by atoms with E-state index in [4.69, 9.17) is 19.8 Å². The molecule has 1 aromatic heterocycles. The maximum atomic E-state index is 11.1. The lowest BCUT2D eigenvalue weighted by atomic mass is 9.81. The van der Waals surface area contributed by atoms with Crippen molar-refractivity contribution in [2.75, 3.05) is 11.9 Å². The summed E-state index contributed by atoms with van der Waals surface area (Å²) in [6.07, 6.45) is 2.91. The number of nitrogens with zero attached hydrogens (tertiary/aromatic N) is 2. The van der Waals surface area contributed by atoms with Gasteiger partial charge in [-0.15, -0.1) is 0 Å². The summed E-state index contributed by atoms with van der Waals surface area (Å²) >= 11 is 0. The first-order valence-electron chi connectivity index (χ1n) is 9.19. The summed E-state index contributed by atoms with van der Waals surface area (Å²) in [7, 11) is -0.488. The highest BCUT2D eigenvalue weighted by atomic mass is 16.7. The molecule has 1 fully saturated rings. The first-order chi connectivity index (χ1) is 12.3. The maximum absolute atomic E-state index is 11.1. The Morgan fingerprint density at radius 1 is 1.22 bits per heavy atom. The Bertz CT molecular complexity index is 642. The van der Waals surface area contributed by atoms with Gasteiger partial charge in [0.05, 0.1) is 11.2 Å². The summed E-state index contributed by atoms with van der Waals surface area (Å²) < 4.78 is 17.2. The van der Waals surface area contributed by atoms with E-state index < -0.39 is 24.4 Å². The average Bonchev–Trinajstić information content (AvgIpc) is 2.74. The number of aromatic nitrogens is 2. The number of anilines is 1. The van der Waals surface area contributed by atoms with Crippen LogP contribution in [-0.2, 0) is 14.0 Å². The molecule has 0 spiro atoms. The standard InChI is InChI=1S/C18H31BN4O4/c1-16(2,3)13(25-14(20)24)8-9-21-15-22-10-12(11-23-15)19-26-17(4,5)18(6,7)27-19/h10-11,13H,8-9H2,1-7H3,(H2,20,24)(H,21,22,23). The summed E-state index contributed by atoms with van der Waals surface area (Å²) in [5.74, 6) is 0.488. The molecule has 1 aliphatic rings. The molecule has 1 aromatic rings. The van der Waals surface area contributed by atoms with Crippen LogP contribution in [0.1, 0.15) is 54.9 Å². The highest BCUT2D eigenvalue weighted by Gasteiger charge is 2.51. The molecule has 0 aliphatic carbocycles. The third kappa shape index (κ3) is 5.32. The average molecular weight is 378 g/mol. The third-order valence-electron chi connectivity index (χ3n) is 5.11. The van der Waals surface area contributed by atoms with Crippen molar-refractivity contribution in [1.29, 1.82) is 0 Å². The molecule has 150 valence electrons. The van der Waals surface area contributed by atoms with Crippen LogP contribution in [0.5, 0.6) is 0 Å². The molecule has 2 rings (SSSR count). The van der Waals surface area contributed by atoms with Crippen molar-refractivity contribution < 1.29 is 18.8 Å². The zero-order valence-electron chi connectivity index (χ0n) is 17.3. The van der Waals surface area contributed by atoms with E-state index in [1.54, 1.807) is 12.4 Å². The lowest BCUT2D eigenvalue weighted by molar-refractivity contribution is 0.00578. The molecule has 27 heavy (non-hydrogen) atoms. The molecule has 0 radical (unpaired) electrons. The van der Waals surface area contributed by atoms with Gasteiger partial charge in [-0.1, -0.05) is 20.8 Å². The Kier molecular flexibility index (Phi) is 6.06. The van der Waals surface area contributed by atoms with Gasteiger partial charge >= 0.3 is 13.2 Å². The number of rotatable bonds is 6. The predicted octanol–water partition coefficient (Wildman–Crippen LogP) is 2.09. The van der Waals surface area contributed by atoms with Crippen molar-refractivity contribution >= 4 is 24.6 Å². The molecular weight excluding hydrogens is 347 g/mol. The van der Waals surface area contributed by atoms with Gasteiger partial charge in [0, 0.05) is 30.8 Å². The molecule has 1 saturated heterocycles. The smallest absolute Gasteiger partial charge is 0.446 e. The number of nitrogens with one attached hydrogen (secondary N) is 1. The number of amides is 1. The van der Waals surface area contributed by atoms with Crippen molar-refractivity contribution in [2.45, 2.75) is 72.2 Å². The van der Waals surface area contributed by atoms with Gasteiger partial charge in [0.25, 0.3) is 0 Å². The van der Waals surface area contributed by atoms with Crippen LogP contribution in [0.4, 0.5) is 10.7 Å². The summed E-state index contributed by atoms with van der Waals surface area (Å²) in [5.41, 5.74) is 4.90. The number of hydrogen-bond donors (Lipinski definition) is 2. The van der Waals surface area contributed by atoms with Crippen LogP contribution < -0.4 is 16.5 Å². The van der Waals surface area contributed by atoms with Crippen LogP contribution >= 0.6 is 0 Å². The molecule has 0 bridgehead atoms. The summed E-state index contributed by atoms with van der Waals surface area (Å²) in [4.78, 5) is 19.7. The van der Waals surface area contributed by atoms with Crippen LogP contribution in [0, 0.1) is 5.41 Å². The van der Waals surface area contributed by atoms with Crippen LogP contribution in [0.25, 0.3) is 0 Å². The number of carbonyl (C=O) groups is 1. The number of hydrogen-bond acceptors (Lipinski definition) is 7. The van der Waals surface area contributed by atoms with Crippen LogP contribution in [0.3, 0.4) is 0 Å². The fraction of sp³-hybridized carbons (Fsp3) is 0.722. The molecule has 1 unspecified atom stereocenters.